The lowest BCUT2D eigenvalue weighted by Crippen LogP contribution is -2.14. The van der Waals surface area contributed by atoms with Gasteiger partial charge in [0.2, 0.25) is 0 Å². The first-order valence-corrected chi connectivity index (χ1v) is 7.84. The summed E-state index contributed by atoms with van der Waals surface area (Å²) in [6.07, 6.45) is 1.18. The molecule has 0 spiro atoms. The summed E-state index contributed by atoms with van der Waals surface area (Å²) in [5, 5.41) is 0. The highest BCUT2D eigenvalue weighted by atomic mass is 32.2. The Labute approximate surface area is 104 Å². The maximum absolute atomic E-state index is 11.0. The van der Waals surface area contributed by atoms with Gasteiger partial charge in [0.05, 0.1) is 17.0 Å². The zero-order valence-corrected chi connectivity index (χ0v) is 11.0. The van der Waals surface area contributed by atoms with E-state index in [9.17, 15) is 13.2 Å². The number of benzene rings is 1. The average Bonchev–Trinajstić information content (AvgIpc) is 2.18. The fourth-order valence-corrected chi connectivity index (χ4v) is 3.39. The SMILES string of the molecule is CS(=O)(=O)CCSc1cccc(C(N)=O)c1N. The molecule has 0 aliphatic carbocycles. The summed E-state index contributed by atoms with van der Waals surface area (Å²) in [6, 6.07) is 4.94. The van der Waals surface area contributed by atoms with E-state index in [0.717, 1.165) is 0 Å². The van der Waals surface area contributed by atoms with Crippen molar-refractivity contribution in [3.63, 3.8) is 0 Å². The van der Waals surface area contributed by atoms with Crippen LogP contribution in [-0.2, 0) is 9.84 Å². The molecule has 0 saturated heterocycles. The van der Waals surface area contributed by atoms with Crippen LogP contribution in [0.2, 0.25) is 0 Å². The molecule has 0 fully saturated rings. The number of hydrogen-bond donors (Lipinski definition) is 2. The van der Waals surface area contributed by atoms with Gasteiger partial charge in [-0.05, 0) is 12.1 Å². The molecular weight excluding hydrogens is 260 g/mol. The molecule has 0 atom stereocenters. The summed E-state index contributed by atoms with van der Waals surface area (Å²) in [4.78, 5) is 11.7. The van der Waals surface area contributed by atoms with Crippen molar-refractivity contribution in [2.45, 2.75) is 4.90 Å². The van der Waals surface area contributed by atoms with E-state index in [1.54, 1.807) is 12.1 Å². The van der Waals surface area contributed by atoms with Crippen LogP contribution < -0.4 is 11.5 Å². The zero-order valence-electron chi connectivity index (χ0n) is 9.34. The van der Waals surface area contributed by atoms with Gasteiger partial charge in [0, 0.05) is 16.9 Å². The minimum absolute atomic E-state index is 0.0674. The number of carbonyl (C=O) groups is 1. The number of hydrogen-bond acceptors (Lipinski definition) is 5. The van der Waals surface area contributed by atoms with Crippen LogP contribution in [0.25, 0.3) is 0 Å². The molecule has 0 saturated carbocycles. The second kappa shape index (κ2) is 5.42. The highest BCUT2D eigenvalue weighted by Crippen LogP contribution is 2.27. The van der Waals surface area contributed by atoms with Gasteiger partial charge in [0.25, 0.3) is 5.91 Å². The number of sulfone groups is 1. The third-order valence-corrected chi connectivity index (χ3v) is 4.32. The predicted molar refractivity (Wildman–Crippen MR) is 69.8 cm³/mol. The highest BCUT2D eigenvalue weighted by molar-refractivity contribution is 8.00. The molecule has 17 heavy (non-hydrogen) atoms. The Morgan fingerprint density at radius 1 is 1.41 bits per heavy atom. The van der Waals surface area contributed by atoms with Crippen LogP contribution in [0.4, 0.5) is 5.69 Å². The molecule has 1 aromatic rings. The van der Waals surface area contributed by atoms with Crippen LogP contribution in [0.1, 0.15) is 10.4 Å². The second-order valence-electron chi connectivity index (χ2n) is 3.56. The second-order valence-corrected chi connectivity index (χ2v) is 6.96. The highest BCUT2D eigenvalue weighted by Gasteiger charge is 2.10. The zero-order chi connectivity index (χ0) is 13.1. The van der Waals surface area contributed by atoms with E-state index in [-0.39, 0.29) is 11.3 Å². The number of nitrogens with two attached hydrogens (primary N) is 2. The lowest BCUT2D eigenvalue weighted by Gasteiger charge is -2.07. The van der Waals surface area contributed by atoms with Crippen molar-refractivity contribution in [2.75, 3.05) is 23.5 Å². The summed E-state index contributed by atoms with van der Waals surface area (Å²) in [5.41, 5.74) is 11.5. The van der Waals surface area contributed by atoms with Crippen LogP contribution in [0.5, 0.6) is 0 Å². The standard InChI is InChI=1S/C10H14N2O3S2/c1-17(14,15)6-5-16-8-4-2-3-7(9(8)11)10(12)13/h2-4H,5-6,11H2,1H3,(H2,12,13). The predicted octanol–water partition coefficient (Wildman–Crippen LogP) is 0.504. The van der Waals surface area contributed by atoms with Gasteiger partial charge in [-0.3, -0.25) is 4.79 Å². The van der Waals surface area contributed by atoms with Crippen LogP contribution in [-0.4, -0.2) is 32.1 Å². The smallest absolute Gasteiger partial charge is 0.250 e. The fraction of sp³-hybridized carbons (Fsp3) is 0.300. The van der Waals surface area contributed by atoms with Crippen LogP contribution in [0.3, 0.4) is 0 Å². The van der Waals surface area contributed by atoms with E-state index in [0.29, 0.717) is 16.3 Å². The van der Waals surface area contributed by atoms with Crippen molar-refractivity contribution >= 4 is 33.2 Å². The lowest BCUT2D eigenvalue weighted by atomic mass is 10.2. The minimum atomic E-state index is -2.99. The van der Waals surface area contributed by atoms with E-state index in [1.807, 2.05) is 0 Å². The van der Waals surface area contributed by atoms with E-state index in [2.05, 4.69) is 0 Å². The molecule has 0 unspecified atom stereocenters. The molecule has 94 valence electrons. The van der Waals surface area contributed by atoms with Gasteiger partial charge in [-0.2, -0.15) is 0 Å². The van der Waals surface area contributed by atoms with Gasteiger partial charge in [0.1, 0.15) is 9.84 Å². The first-order chi connectivity index (χ1) is 7.81. The number of anilines is 1. The molecular formula is C10H14N2O3S2. The first-order valence-electron chi connectivity index (χ1n) is 4.80. The Hall–Kier alpha value is -1.21. The number of nitrogen functional groups attached to an aromatic ring is 1. The van der Waals surface area contributed by atoms with E-state index in [1.165, 1.54) is 24.1 Å². The van der Waals surface area contributed by atoms with Gasteiger partial charge >= 0.3 is 0 Å². The van der Waals surface area contributed by atoms with E-state index >= 15 is 0 Å². The number of thioether (sulfide) groups is 1. The molecule has 1 aromatic carbocycles. The molecule has 0 bridgehead atoms. The Balaban J connectivity index is 2.79. The average molecular weight is 274 g/mol. The number of carbonyl (C=O) groups excluding carboxylic acids is 1. The molecule has 0 aliphatic heterocycles. The number of amides is 1. The van der Waals surface area contributed by atoms with Crippen molar-refractivity contribution in [2.24, 2.45) is 5.73 Å². The maximum atomic E-state index is 11.0. The summed E-state index contributed by atoms with van der Waals surface area (Å²) in [5.74, 6) is -0.128. The van der Waals surface area contributed by atoms with Gasteiger partial charge in [0.15, 0.2) is 0 Å². The van der Waals surface area contributed by atoms with Gasteiger partial charge in [-0.25, -0.2) is 8.42 Å². The largest absolute Gasteiger partial charge is 0.397 e. The first kappa shape index (κ1) is 13.9. The normalized spacial score (nSPS) is 11.4. The van der Waals surface area contributed by atoms with Crippen molar-refractivity contribution < 1.29 is 13.2 Å². The molecule has 7 heteroatoms. The van der Waals surface area contributed by atoms with Crippen molar-refractivity contribution in [3.05, 3.63) is 23.8 Å². The molecule has 1 amide bonds. The monoisotopic (exact) mass is 274 g/mol. The number of rotatable bonds is 5. The summed E-state index contributed by atoms with van der Waals surface area (Å²) >= 11 is 1.29. The van der Waals surface area contributed by atoms with Crippen LogP contribution in [0, 0.1) is 0 Å². The van der Waals surface area contributed by atoms with Crippen LogP contribution in [0.15, 0.2) is 23.1 Å². The van der Waals surface area contributed by atoms with E-state index < -0.39 is 15.7 Å². The molecule has 0 aliphatic rings. The Morgan fingerprint density at radius 2 is 2.06 bits per heavy atom. The fourth-order valence-electron chi connectivity index (χ4n) is 1.19. The van der Waals surface area contributed by atoms with Gasteiger partial charge in [-0.1, -0.05) is 6.07 Å². The maximum Gasteiger partial charge on any atom is 0.250 e. The minimum Gasteiger partial charge on any atom is -0.397 e. The molecule has 0 heterocycles. The van der Waals surface area contributed by atoms with Crippen molar-refractivity contribution in [3.8, 4) is 0 Å². The van der Waals surface area contributed by atoms with Gasteiger partial charge < -0.3 is 11.5 Å². The molecule has 0 radical (unpaired) electrons. The number of para-hydroxylation sites is 1. The third kappa shape index (κ3) is 4.27. The molecule has 1 rings (SSSR count). The summed E-state index contributed by atoms with van der Waals surface area (Å²) < 4.78 is 21.9. The Morgan fingerprint density at radius 3 is 2.59 bits per heavy atom. The quantitative estimate of drug-likeness (QED) is 0.601. The van der Waals surface area contributed by atoms with Crippen molar-refractivity contribution in [1.82, 2.24) is 0 Å². The van der Waals surface area contributed by atoms with Crippen LogP contribution >= 0.6 is 11.8 Å². The van der Waals surface area contributed by atoms with Gasteiger partial charge in [-0.15, -0.1) is 11.8 Å². The Bertz CT molecular complexity index is 526. The van der Waals surface area contributed by atoms with E-state index in [4.69, 9.17) is 11.5 Å². The number of primary amides is 1. The summed E-state index contributed by atoms with van der Waals surface area (Å²) in [7, 11) is -2.99. The third-order valence-electron chi connectivity index (χ3n) is 2.04. The molecule has 4 N–H and O–H groups in total. The summed E-state index contributed by atoms with van der Waals surface area (Å²) in [6.45, 7) is 0. The van der Waals surface area contributed by atoms with Crippen molar-refractivity contribution in [1.29, 1.82) is 0 Å². The molecule has 0 aromatic heterocycles. The molecule has 5 nitrogen and oxygen atoms in total. The lowest BCUT2D eigenvalue weighted by molar-refractivity contribution is 0.100. The Kier molecular flexibility index (Phi) is 4.41. The topological polar surface area (TPSA) is 103 Å².